The lowest BCUT2D eigenvalue weighted by Crippen LogP contribution is -2.30. The van der Waals surface area contributed by atoms with Crippen LogP contribution in [0.5, 0.6) is 0 Å². The molecule has 0 spiro atoms. The number of esters is 1. The smallest absolute Gasteiger partial charge is 0.465 e. The zero-order valence-corrected chi connectivity index (χ0v) is 10.6. The molecule has 0 radical (unpaired) electrons. The van der Waals surface area contributed by atoms with Gasteiger partial charge in [0.2, 0.25) is 0 Å². The maximum absolute atomic E-state index is 13.6. The fourth-order valence-electron chi connectivity index (χ4n) is 1.72. The Hall–Kier alpha value is -2.51. The Labute approximate surface area is 107 Å². The van der Waals surface area contributed by atoms with Gasteiger partial charge < -0.3 is 4.74 Å². The summed E-state index contributed by atoms with van der Waals surface area (Å²) < 4.78 is 20.3. The van der Waals surface area contributed by atoms with Crippen molar-refractivity contribution < 1.29 is 19.1 Å². The molecule has 0 atom stereocenters. The predicted molar refractivity (Wildman–Crippen MR) is 61.4 cm³/mol. The first-order valence-electron chi connectivity index (χ1n) is 5.39. The summed E-state index contributed by atoms with van der Waals surface area (Å²) >= 11 is 0. The van der Waals surface area contributed by atoms with Crippen LogP contribution in [0.1, 0.15) is 15.9 Å². The first kappa shape index (κ1) is 12.9. The molecule has 0 aliphatic heterocycles. The standard InChI is InChI=1S/C11H11FN4O3/c1-6-7(12)4-5-8(9(6)10(17)19-3)16-11(18)15(2)13-14-16/h4-5H,1-3H3/p+1. The molecule has 19 heavy (non-hydrogen) atoms. The lowest BCUT2D eigenvalue weighted by molar-refractivity contribution is -0.546. The monoisotopic (exact) mass is 267 g/mol. The normalized spacial score (nSPS) is 10.5. The number of nitrogens with one attached hydrogen (secondary N) is 1. The summed E-state index contributed by atoms with van der Waals surface area (Å²) in [6.07, 6.45) is 0. The van der Waals surface area contributed by atoms with Gasteiger partial charge in [0, 0.05) is 5.56 Å². The molecule has 7 nitrogen and oxygen atoms in total. The zero-order valence-electron chi connectivity index (χ0n) is 10.6. The highest BCUT2D eigenvalue weighted by Gasteiger charge is 2.23. The molecular weight excluding hydrogens is 255 g/mol. The number of carbonyl (C=O) groups excluding carboxylic acids is 1. The molecule has 1 heterocycles. The van der Waals surface area contributed by atoms with Gasteiger partial charge in [0.25, 0.3) is 0 Å². The lowest BCUT2D eigenvalue weighted by Gasteiger charge is -2.08. The van der Waals surface area contributed by atoms with Crippen LogP contribution >= 0.6 is 0 Å². The molecule has 1 N–H and O–H groups in total. The van der Waals surface area contributed by atoms with Gasteiger partial charge in [-0.1, -0.05) is 14.6 Å². The van der Waals surface area contributed by atoms with Gasteiger partial charge in [-0.3, -0.25) is 0 Å². The maximum Gasteiger partial charge on any atom is 0.473 e. The third-order valence-electron chi connectivity index (χ3n) is 2.77. The van der Waals surface area contributed by atoms with Crippen LogP contribution in [0.4, 0.5) is 4.39 Å². The Morgan fingerprint density at radius 3 is 2.68 bits per heavy atom. The molecule has 0 fully saturated rings. The van der Waals surface area contributed by atoms with E-state index < -0.39 is 17.5 Å². The average molecular weight is 267 g/mol. The number of ether oxygens (including phenoxy) is 1. The minimum absolute atomic E-state index is 0.0196. The summed E-state index contributed by atoms with van der Waals surface area (Å²) in [6, 6.07) is 2.48. The summed E-state index contributed by atoms with van der Waals surface area (Å²) in [5.41, 5.74) is -0.220. The number of hydrogen-bond acceptors (Lipinski definition) is 4. The van der Waals surface area contributed by atoms with Gasteiger partial charge in [-0.05, 0) is 19.1 Å². The molecule has 0 saturated carbocycles. The van der Waals surface area contributed by atoms with Gasteiger partial charge in [0.1, 0.15) is 23.8 Å². The van der Waals surface area contributed by atoms with Gasteiger partial charge in [-0.25, -0.2) is 14.0 Å². The summed E-state index contributed by atoms with van der Waals surface area (Å²) in [6.45, 7) is 1.44. The van der Waals surface area contributed by atoms with E-state index in [9.17, 15) is 14.0 Å². The highest BCUT2D eigenvalue weighted by molar-refractivity contribution is 5.95. The number of aromatic amines is 1. The molecule has 1 aromatic carbocycles. The number of benzene rings is 1. The fraction of sp³-hybridized carbons (Fsp3) is 0.273. The van der Waals surface area contributed by atoms with Crippen molar-refractivity contribution in [2.24, 2.45) is 7.05 Å². The van der Waals surface area contributed by atoms with Crippen LogP contribution in [0.25, 0.3) is 5.69 Å². The van der Waals surface area contributed by atoms with E-state index in [0.717, 1.165) is 9.36 Å². The van der Waals surface area contributed by atoms with Crippen LogP contribution in [0.2, 0.25) is 0 Å². The first-order valence-corrected chi connectivity index (χ1v) is 5.39. The van der Waals surface area contributed by atoms with Crippen molar-refractivity contribution in [2.75, 3.05) is 7.11 Å². The number of nitrogens with zero attached hydrogens (tertiary/aromatic N) is 3. The van der Waals surface area contributed by atoms with Crippen molar-refractivity contribution in [3.63, 3.8) is 0 Å². The van der Waals surface area contributed by atoms with Crippen LogP contribution in [0, 0.1) is 12.7 Å². The van der Waals surface area contributed by atoms with E-state index in [1.54, 1.807) is 0 Å². The Bertz CT molecular complexity index is 704. The van der Waals surface area contributed by atoms with Gasteiger partial charge in [0.15, 0.2) is 0 Å². The molecule has 0 aliphatic carbocycles. The van der Waals surface area contributed by atoms with Gasteiger partial charge in [-0.15, -0.1) is 0 Å². The number of methoxy groups -OCH3 is 1. The van der Waals surface area contributed by atoms with Crippen LogP contribution in [0.15, 0.2) is 16.9 Å². The second-order valence-electron chi connectivity index (χ2n) is 3.90. The minimum Gasteiger partial charge on any atom is -0.465 e. The van der Waals surface area contributed by atoms with Gasteiger partial charge >= 0.3 is 11.7 Å². The van der Waals surface area contributed by atoms with E-state index in [2.05, 4.69) is 15.2 Å². The fourth-order valence-corrected chi connectivity index (χ4v) is 1.72. The quantitative estimate of drug-likeness (QED) is 0.695. The largest absolute Gasteiger partial charge is 0.473 e. The Kier molecular flexibility index (Phi) is 3.16. The molecule has 8 heteroatoms. The highest BCUT2D eigenvalue weighted by Crippen LogP contribution is 2.20. The number of aromatic nitrogens is 4. The number of rotatable bonds is 2. The van der Waals surface area contributed by atoms with E-state index in [4.69, 9.17) is 0 Å². The second-order valence-corrected chi connectivity index (χ2v) is 3.90. The van der Waals surface area contributed by atoms with Crippen LogP contribution in [0.3, 0.4) is 0 Å². The number of halogens is 1. The van der Waals surface area contributed by atoms with Gasteiger partial charge in [-0.2, -0.15) is 0 Å². The molecule has 1 aromatic heterocycles. The van der Waals surface area contributed by atoms with Crippen molar-refractivity contribution in [1.82, 2.24) is 14.6 Å². The van der Waals surface area contributed by atoms with Gasteiger partial charge in [0.05, 0.1) is 12.7 Å². The van der Waals surface area contributed by atoms with Crippen LogP contribution in [-0.2, 0) is 11.8 Å². The van der Waals surface area contributed by atoms with E-state index in [-0.39, 0.29) is 16.8 Å². The van der Waals surface area contributed by atoms with E-state index in [1.807, 2.05) is 0 Å². The van der Waals surface area contributed by atoms with Crippen molar-refractivity contribution in [3.05, 3.63) is 39.6 Å². The summed E-state index contributed by atoms with van der Waals surface area (Å²) in [5.74, 6) is -1.28. The molecule has 0 unspecified atom stereocenters. The molecule has 2 aromatic rings. The number of tetrazole rings is 1. The molecular formula is C11H12FN4O3+. The average Bonchev–Trinajstić information content (AvgIpc) is 2.72. The van der Waals surface area contributed by atoms with Crippen molar-refractivity contribution in [2.45, 2.75) is 6.92 Å². The number of hydrogen-bond donors (Lipinski definition) is 0. The highest BCUT2D eigenvalue weighted by atomic mass is 19.1. The zero-order chi connectivity index (χ0) is 14.2. The summed E-state index contributed by atoms with van der Waals surface area (Å²) in [4.78, 5) is 23.6. The number of carbonyl (C=O) groups is 1. The van der Waals surface area contributed by atoms with Crippen LogP contribution in [-0.4, -0.2) is 27.7 Å². The molecule has 2 rings (SSSR count). The minimum atomic E-state index is -0.726. The number of H-pyrrole nitrogens is 1. The predicted octanol–water partition coefficient (Wildman–Crippen LogP) is -0.381. The molecule has 0 bridgehead atoms. The summed E-state index contributed by atoms with van der Waals surface area (Å²) in [7, 11) is 2.63. The van der Waals surface area contributed by atoms with E-state index in [1.165, 1.54) is 33.2 Å². The topological polar surface area (TPSA) is 80.3 Å². The van der Waals surface area contributed by atoms with E-state index in [0.29, 0.717) is 0 Å². The second kappa shape index (κ2) is 4.63. The lowest BCUT2D eigenvalue weighted by atomic mass is 10.1. The van der Waals surface area contributed by atoms with E-state index >= 15 is 0 Å². The van der Waals surface area contributed by atoms with Crippen LogP contribution < -0.4 is 10.9 Å². The third-order valence-corrected chi connectivity index (χ3v) is 2.77. The van der Waals surface area contributed by atoms with Crippen molar-refractivity contribution in [1.29, 1.82) is 0 Å². The Balaban J connectivity index is 2.77. The maximum atomic E-state index is 13.6. The SMILES string of the molecule is COC(=O)c1c(-n2[nH+]nn(C)c2=O)ccc(F)c1C. The summed E-state index contributed by atoms with van der Waals surface area (Å²) in [5, 5.41) is 6.11. The Morgan fingerprint density at radius 2 is 2.16 bits per heavy atom. The molecule has 0 saturated heterocycles. The molecule has 0 amide bonds. The first-order chi connectivity index (χ1) is 8.97. The Morgan fingerprint density at radius 1 is 1.47 bits per heavy atom. The molecule has 100 valence electrons. The third kappa shape index (κ3) is 2.01. The van der Waals surface area contributed by atoms with Crippen molar-refractivity contribution in [3.8, 4) is 5.69 Å². The number of aryl methyl sites for hydroxylation is 1. The van der Waals surface area contributed by atoms with Crippen molar-refractivity contribution >= 4 is 5.97 Å². The molecule has 0 aliphatic rings.